The van der Waals surface area contributed by atoms with Gasteiger partial charge in [-0.3, -0.25) is 4.79 Å². The Kier molecular flexibility index (Phi) is 6.46. The zero-order chi connectivity index (χ0) is 22.1. The van der Waals surface area contributed by atoms with Gasteiger partial charge in [-0.05, 0) is 124 Å². The highest BCUT2D eigenvalue weighted by Gasteiger charge is 2.51. The van der Waals surface area contributed by atoms with E-state index in [4.69, 9.17) is 4.74 Å². The van der Waals surface area contributed by atoms with Crippen molar-refractivity contribution in [1.29, 1.82) is 0 Å². The lowest BCUT2D eigenvalue weighted by Gasteiger charge is -2.56. The van der Waals surface area contributed by atoms with Crippen LogP contribution in [0.3, 0.4) is 0 Å². The van der Waals surface area contributed by atoms with E-state index < -0.39 is 0 Å². The van der Waals surface area contributed by atoms with Crippen molar-refractivity contribution in [2.45, 2.75) is 64.2 Å². The van der Waals surface area contributed by atoms with Crippen LogP contribution in [0.25, 0.3) is 0 Å². The van der Waals surface area contributed by atoms with Crippen molar-refractivity contribution < 1.29 is 13.9 Å². The number of ether oxygens (including phenoxy) is 1. The van der Waals surface area contributed by atoms with Crippen LogP contribution in [0.4, 0.5) is 4.39 Å². The fraction of sp³-hybridized carbons (Fsp3) is 0.741. The van der Waals surface area contributed by atoms with Crippen molar-refractivity contribution >= 4 is 5.91 Å². The highest BCUT2D eigenvalue weighted by atomic mass is 19.1. The molecule has 1 aromatic rings. The van der Waals surface area contributed by atoms with E-state index in [9.17, 15) is 9.18 Å². The molecule has 0 unspecified atom stereocenters. The maximum atomic E-state index is 14.1. The minimum absolute atomic E-state index is 0.130. The van der Waals surface area contributed by atoms with E-state index in [1.165, 1.54) is 44.6 Å². The number of nitrogens with zero attached hydrogens (tertiary/aromatic N) is 1. The summed E-state index contributed by atoms with van der Waals surface area (Å²) in [6.45, 7) is 3.73. The van der Waals surface area contributed by atoms with Crippen LogP contribution in [0.15, 0.2) is 18.2 Å². The lowest BCUT2D eigenvalue weighted by atomic mass is 9.49. The quantitative estimate of drug-likeness (QED) is 0.628. The molecule has 4 aliphatic carbocycles. The lowest BCUT2D eigenvalue weighted by molar-refractivity contribution is -0.129. The summed E-state index contributed by atoms with van der Waals surface area (Å²) >= 11 is 0. The minimum Gasteiger partial charge on any atom is -0.497 e. The topological polar surface area (TPSA) is 41.6 Å². The molecule has 1 aliphatic heterocycles. The number of halogens is 1. The summed E-state index contributed by atoms with van der Waals surface area (Å²) in [4.78, 5) is 15.2. The standard InChI is InChI=1S/C27H39FN2O2/c1-32-24-2-3-25(28)23(14-24)13-19-4-7-30(8-5-19)9-6-29-26(31)18-27-15-20-10-21(16-27)12-22(11-20)17-27/h2-3,14,19-22H,4-13,15-18H2,1H3,(H,29,31). The molecule has 4 nitrogen and oxygen atoms in total. The molecule has 0 atom stereocenters. The summed E-state index contributed by atoms with van der Waals surface area (Å²) < 4.78 is 19.4. The Bertz CT molecular complexity index is 783. The third kappa shape index (κ3) is 4.98. The molecule has 176 valence electrons. The molecule has 4 bridgehead atoms. The van der Waals surface area contributed by atoms with Crippen LogP contribution in [0.1, 0.15) is 63.4 Å². The fourth-order valence-electron chi connectivity index (χ4n) is 7.82. The molecule has 5 aliphatic rings. The van der Waals surface area contributed by atoms with Crippen LogP contribution >= 0.6 is 0 Å². The zero-order valence-electron chi connectivity index (χ0n) is 19.6. The van der Waals surface area contributed by atoms with Gasteiger partial charge in [0.2, 0.25) is 5.91 Å². The first-order chi connectivity index (χ1) is 15.5. The van der Waals surface area contributed by atoms with Crippen LogP contribution in [0.2, 0.25) is 0 Å². The molecule has 1 heterocycles. The second kappa shape index (κ2) is 9.32. The molecular weight excluding hydrogens is 403 g/mol. The van der Waals surface area contributed by atoms with Crippen molar-refractivity contribution in [2.75, 3.05) is 33.3 Å². The highest BCUT2D eigenvalue weighted by Crippen LogP contribution is 2.61. The summed E-state index contributed by atoms with van der Waals surface area (Å²) in [6.07, 6.45) is 11.9. The molecule has 1 amide bonds. The zero-order valence-corrected chi connectivity index (χ0v) is 19.6. The van der Waals surface area contributed by atoms with Crippen LogP contribution in [0, 0.1) is 34.9 Å². The van der Waals surface area contributed by atoms with E-state index in [0.29, 0.717) is 11.3 Å². The molecule has 5 heteroatoms. The number of benzene rings is 1. The van der Waals surface area contributed by atoms with Gasteiger partial charge in [-0.2, -0.15) is 0 Å². The first kappa shape index (κ1) is 22.2. The first-order valence-electron chi connectivity index (χ1n) is 12.8. The molecule has 0 aromatic heterocycles. The fourth-order valence-corrected chi connectivity index (χ4v) is 7.82. The molecule has 0 radical (unpaired) electrons. The molecule has 6 rings (SSSR count). The molecule has 1 saturated heterocycles. The minimum atomic E-state index is -0.130. The van der Waals surface area contributed by atoms with E-state index in [0.717, 1.165) is 80.9 Å². The van der Waals surface area contributed by atoms with Gasteiger partial charge >= 0.3 is 0 Å². The van der Waals surface area contributed by atoms with Gasteiger partial charge in [0.1, 0.15) is 11.6 Å². The Morgan fingerprint density at radius 3 is 2.41 bits per heavy atom. The molecule has 1 N–H and O–H groups in total. The maximum Gasteiger partial charge on any atom is 0.220 e. The summed E-state index contributed by atoms with van der Waals surface area (Å²) in [6, 6.07) is 5.02. The Balaban J connectivity index is 1.02. The average molecular weight is 443 g/mol. The van der Waals surface area contributed by atoms with Gasteiger partial charge in [-0.25, -0.2) is 4.39 Å². The second-order valence-corrected chi connectivity index (χ2v) is 11.4. The lowest BCUT2D eigenvalue weighted by Crippen LogP contribution is -2.48. The largest absolute Gasteiger partial charge is 0.497 e. The predicted molar refractivity (Wildman–Crippen MR) is 124 cm³/mol. The van der Waals surface area contributed by atoms with Crippen molar-refractivity contribution in [1.82, 2.24) is 10.2 Å². The number of amides is 1. The van der Waals surface area contributed by atoms with Crippen LogP contribution in [-0.4, -0.2) is 44.1 Å². The molecular formula is C27H39FN2O2. The van der Waals surface area contributed by atoms with Gasteiger partial charge in [0.05, 0.1) is 7.11 Å². The number of likely N-dealkylation sites (tertiary alicyclic amines) is 1. The SMILES string of the molecule is COc1ccc(F)c(CC2CCN(CCNC(=O)CC34CC5CC(CC(C5)C3)C4)CC2)c1. The average Bonchev–Trinajstić information content (AvgIpc) is 2.75. The normalized spacial score (nSPS) is 32.2. The van der Waals surface area contributed by atoms with Gasteiger partial charge in [0, 0.05) is 19.5 Å². The van der Waals surface area contributed by atoms with Crippen LogP contribution < -0.4 is 10.1 Å². The van der Waals surface area contributed by atoms with Crippen molar-refractivity contribution in [3.8, 4) is 5.75 Å². The summed E-state index contributed by atoms with van der Waals surface area (Å²) in [7, 11) is 1.62. The van der Waals surface area contributed by atoms with Gasteiger partial charge in [0.15, 0.2) is 0 Å². The van der Waals surface area contributed by atoms with Gasteiger partial charge in [-0.1, -0.05) is 0 Å². The summed E-state index contributed by atoms with van der Waals surface area (Å²) in [5, 5.41) is 3.23. The smallest absolute Gasteiger partial charge is 0.220 e. The number of hydrogen-bond donors (Lipinski definition) is 1. The number of hydrogen-bond acceptors (Lipinski definition) is 3. The molecule has 5 fully saturated rings. The van der Waals surface area contributed by atoms with E-state index in [1.807, 2.05) is 6.07 Å². The Labute approximate surface area is 192 Å². The van der Waals surface area contributed by atoms with Crippen molar-refractivity contribution in [3.05, 3.63) is 29.6 Å². The molecule has 4 saturated carbocycles. The number of piperidine rings is 1. The monoisotopic (exact) mass is 442 g/mol. The maximum absolute atomic E-state index is 14.1. The van der Waals surface area contributed by atoms with E-state index in [1.54, 1.807) is 13.2 Å². The number of methoxy groups -OCH3 is 1. The number of carbonyl (C=O) groups excluding carboxylic acids is 1. The third-order valence-corrected chi connectivity index (χ3v) is 8.92. The third-order valence-electron chi connectivity index (χ3n) is 8.92. The Morgan fingerprint density at radius 1 is 1.12 bits per heavy atom. The predicted octanol–water partition coefficient (Wildman–Crippen LogP) is 4.81. The van der Waals surface area contributed by atoms with Gasteiger partial charge in [-0.15, -0.1) is 0 Å². The molecule has 1 aromatic carbocycles. The van der Waals surface area contributed by atoms with E-state index in [-0.39, 0.29) is 11.7 Å². The number of nitrogens with one attached hydrogen (secondary N) is 1. The van der Waals surface area contributed by atoms with E-state index >= 15 is 0 Å². The summed E-state index contributed by atoms with van der Waals surface area (Å²) in [5.74, 6) is 4.09. The van der Waals surface area contributed by atoms with Gasteiger partial charge < -0.3 is 15.0 Å². The van der Waals surface area contributed by atoms with Crippen molar-refractivity contribution in [3.63, 3.8) is 0 Å². The molecule has 0 spiro atoms. The number of rotatable bonds is 8. The Morgan fingerprint density at radius 2 is 1.78 bits per heavy atom. The number of carbonyl (C=O) groups is 1. The van der Waals surface area contributed by atoms with Crippen molar-refractivity contribution in [2.24, 2.45) is 29.1 Å². The first-order valence-corrected chi connectivity index (χ1v) is 12.8. The molecule has 32 heavy (non-hydrogen) atoms. The Hall–Kier alpha value is -1.62. The highest BCUT2D eigenvalue weighted by molar-refractivity contribution is 5.76. The van der Waals surface area contributed by atoms with Crippen LogP contribution in [-0.2, 0) is 11.2 Å². The second-order valence-electron chi connectivity index (χ2n) is 11.4. The summed E-state index contributed by atoms with van der Waals surface area (Å²) in [5.41, 5.74) is 1.09. The van der Waals surface area contributed by atoms with E-state index in [2.05, 4.69) is 10.2 Å². The van der Waals surface area contributed by atoms with Crippen LogP contribution in [0.5, 0.6) is 5.75 Å². The van der Waals surface area contributed by atoms with Gasteiger partial charge in [0.25, 0.3) is 0 Å².